The molecular weight excluding hydrogens is 735 g/mol. The minimum atomic E-state index is -1.45. The standard InChI is InChI=1S/C45H45N7O6/c46-43(47)48-26-14-25-37(40(55)49-28-38(53)54)51(41(56)39(33-17-5-1-6-18-33)34-19-7-2-8-20-34)29-31-15-13-16-32(27-31)30-52-42(57)45(50-44(52)58,35-21-9-3-10-22-35)36-23-11-4-12-24-36/h1-13,15-24,27,37,39H,14,25-26,28-30H2,(H,49,55)(H,50,58)(H,53,54)(H4,46,47,48)/t37-/m0/s1. The van der Waals surface area contributed by atoms with Crippen LogP contribution in [-0.2, 0) is 37.8 Å². The molecule has 6 rings (SSSR count). The molecule has 0 unspecified atom stereocenters. The molecule has 0 radical (unpaired) electrons. The molecule has 1 atom stereocenters. The van der Waals surface area contributed by atoms with Gasteiger partial charge in [0.05, 0.1) is 12.5 Å². The van der Waals surface area contributed by atoms with E-state index in [9.17, 15) is 24.3 Å². The Labute approximate surface area is 336 Å². The van der Waals surface area contributed by atoms with Gasteiger partial charge in [0.15, 0.2) is 11.5 Å². The molecule has 7 N–H and O–H groups in total. The molecule has 0 bridgehead atoms. The fourth-order valence-electron chi connectivity index (χ4n) is 7.36. The molecule has 1 fully saturated rings. The number of carbonyl (C=O) groups is 5. The van der Waals surface area contributed by atoms with E-state index < -0.39 is 53.8 Å². The van der Waals surface area contributed by atoms with Crippen LogP contribution in [0.5, 0.6) is 0 Å². The van der Waals surface area contributed by atoms with Crippen molar-refractivity contribution < 1.29 is 29.1 Å². The lowest BCUT2D eigenvalue weighted by molar-refractivity contribution is -0.143. The Balaban J connectivity index is 1.36. The van der Waals surface area contributed by atoms with Crippen molar-refractivity contribution in [1.29, 1.82) is 5.41 Å². The SMILES string of the molecule is N=C(N)NCCC[C@@H](C(=O)NCC(=O)O)N(Cc1cccc(CN2C(=O)NC(c3ccccc3)(c3ccccc3)C2=O)c1)C(=O)C(c1ccccc1)c1ccccc1. The topological polar surface area (TPSA) is 198 Å². The number of benzene rings is 5. The third kappa shape index (κ3) is 9.22. The van der Waals surface area contributed by atoms with E-state index >= 15 is 4.79 Å². The quantitative estimate of drug-likeness (QED) is 0.0339. The maximum atomic E-state index is 15.1. The minimum absolute atomic E-state index is 0.0771. The number of nitrogens with two attached hydrogens (primary N) is 1. The van der Waals surface area contributed by atoms with Crippen LogP contribution in [0.25, 0.3) is 0 Å². The van der Waals surface area contributed by atoms with Crippen molar-refractivity contribution in [3.05, 3.63) is 179 Å². The molecule has 0 spiro atoms. The van der Waals surface area contributed by atoms with Gasteiger partial charge in [-0.05, 0) is 46.2 Å². The van der Waals surface area contributed by atoms with Gasteiger partial charge in [0.1, 0.15) is 12.6 Å². The molecule has 296 valence electrons. The Kier molecular flexibility index (Phi) is 12.9. The van der Waals surface area contributed by atoms with Crippen molar-refractivity contribution in [2.24, 2.45) is 5.73 Å². The molecule has 0 saturated carbocycles. The lowest BCUT2D eigenvalue weighted by Gasteiger charge is -2.34. The summed E-state index contributed by atoms with van der Waals surface area (Å²) in [7, 11) is 0. The first-order valence-electron chi connectivity index (χ1n) is 18.9. The smallest absolute Gasteiger partial charge is 0.325 e. The number of aliphatic carboxylic acids is 1. The molecule has 5 amide bonds. The van der Waals surface area contributed by atoms with Gasteiger partial charge in [-0.3, -0.25) is 29.5 Å². The number of carboxylic acid groups (broad SMARTS) is 1. The molecule has 13 heteroatoms. The van der Waals surface area contributed by atoms with E-state index in [-0.39, 0.29) is 32.0 Å². The Hall–Kier alpha value is -7.28. The van der Waals surface area contributed by atoms with Crippen molar-refractivity contribution in [1.82, 2.24) is 25.8 Å². The van der Waals surface area contributed by atoms with Gasteiger partial charge in [-0.25, -0.2) is 4.79 Å². The Morgan fingerprint density at radius 1 is 0.759 bits per heavy atom. The van der Waals surface area contributed by atoms with E-state index in [2.05, 4.69) is 16.0 Å². The summed E-state index contributed by atoms with van der Waals surface area (Å²) in [4.78, 5) is 71.4. The average molecular weight is 780 g/mol. The van der Waals surface area contributed by atoms with Crippen LogP contribution < -0.4 is 21.7 Å². The molecule has 1 aliphatic rings. The highest BCUT2D eigenvalue weighted by atomic mass is 16.4. The lowest BCUT2D eigenvalue weighted by atomic mass is 9.82. The summed E-state index contributed by atoms with van der Waals surface area (Å²) in [6.07, 6.45) is 0.420. The zero-order valence-corrected chi connectivity index (χ0v) is 31.7. The molecule has 0 aliphatic carbocycles. The van der Waals surface area contributed by atoms with Crippen molar-refractivity contribution in [3.8, 4) is 0 Å². The zero-order chi connectivity index (χ0) is 41.1. The van der Waals surface area contributed by atoms with E-state index in [1.54, 1.807) is 48.5 Å². The Morgan fingerprint density at radius 2 is 1.29 bits per heavy atom. The summed E-state index contributed by atoms with van der Waals surface area (Å²) in [6.45, 7) is -0.579. The number of guanidine groups is 1. The maximum Gasteiger partial charge on any atom is 0.325 e. The number of carbonyl (C=O) groups excluding carboxylic acids is 4. The van der Waals surface area contributed by atoms with Gasteiger partial charge in [0.2, 0.25) is 11.8 Å². The van der Waals surface area contributed by atoms with Crippen molar-refractivity contribution >= 4 is 35.7 Å². The molecule has 13 nitrogen and oxygen atoms in total. The summed E-state index contributed by atoms with van der Waals surface area (Å²) >= 11 is 0. The van der Waals surface area contributed by atoms with Gasteiger partial charge in [0.25, 0.3) is 5.91 Å². The molecule has 5 aromatic carbocycles. The highest BCUT2D eigenvalue weighted by Gasteiger charge is 2.53. The largest absolute Gasteiger partial charge is 0.480 e. The number of carboxylic acids is 1. The van der Waals surface area contributed by atoms with Gasteiger partial charge >= 0.3 is 12.0 Å². The normalized spacial score (nSPS) is 13.7. The fourth-order valence-corrected chi connectivity index (χ4v) is 7.36. The van der Waals surface area contributed by atoms with Crippen LogP contribution in [-0.4, -0.2) is 69.7 Å². The third-order valence-electron chi connectivity index (χ3n) is 10.1. The van der Waals surface area contributed by atoms with Crippen LogP contribution in [0, 0.1) is 5.41 Å². The van der Waals surface area contributed by atoms with Gasteiger partial charge in [0, 0.05) is 13.1 Å². The maximum absolute atomic E-state index is 15.1. The second kappa shape index (κ2) is 18.6. The summed E-state index contributed by atoms with van der Waals surface area (Å²) in [5, 5.41) is 25.2. The first-order valence-corrected chi connectivity index (χ1v) is 18.9. The highest BCUT2D eigenvalue weighted by molar-refractivity contribution is 6.09. The minimum Gasteiger partial charge on any atom is -0.480 e. The molecule has 1 saturated heterocycles. The summed E-state index contributed by atoms with van der Waals surface area (Å²) in [5.74, 6) is -3.83. The van der Waals surface area contributed by atoms with E-state index in [4.69, 9.17) is 11.1 Å². The number of hydrogen-bond acceptors (Lipinski definition) is 6. The van der Waals surface area contributed by atoms with Crippen LogP contribution >= 0.6 is 0 Å². The first-order chi connectivity index (χ1) is 28.1. The molecule has 5 aromatic rings. The van der Waals surface area contributed by atoms with E-state index in [0.29, 0.717) is 39.8 Å². The zero-order valence-electron chi connectivity index (χ0n) is 31.7. The summed E-state index contributed by atoms with van der Waals surface area (Å²) in [5.41, 5.74) is 7.88. The van der Waals surface area contributed by atoms with E-state index in [1.807, 2.05) is 97.1 Å². The predicted molar refractivity (Wildman–Crippen MR) is 218 cm³/mol. The third-order valence-corrected chi connectivity index (χ3v) is 10.1. The number of hydrogen-bond donors (Lipinski definition) is 6. The van der Waals surface area contributed by atoms with Gasteiger partial charge in [-0.1, -0.05) is 146 Å². The highest BCUT2D eigenvalue weighted by Crippen LogP contribution is 2.37. The van der Waals surface area contributed by atoms with Crippen LogP contribution in [0.1, 0.15) is 52.1 Å². The Bertz CT molecular complexity index is 2160. The fraction of sp³-hybridized carbons (Fsp3) is 0.200. The van der Waals surface area contributed by atoms with Gasteiger partial charge in [-0.2, -0.15) is 0 Å². The lowest BCUT2D eigenvalue weighted by Crippen LogP contribution is -2.51. The Morgan fingerprint density at radius 3 is 1.83 bits per heavy atom. The van der Waals surface area contributed by atoms with Gasteiger partial charge in [-0.15, -0.1) is 0 Å². The second-order valence-electron chi connectivity index (χ2n) is 14.0. The van der Waals surface area contributed by atoms with Crippen LogP contribution in [0.3, 0.4) is 0 Å². The molecule has 1 aliphatic heterocycles. The first kappa shape index (κ1) is 40.4. The van der Waals surface area contributed by atoms with Crippen molar-refractivity contribution in [2.75, 3.05) is 13.1 Å². The summed E-state index contributed by atoms with van der Waals surface area (Å²) < 4.78 is 0. The monoisotopic (exact) mass is 779 g/mol. The summed E-state index contributed by atoms with van der Waals surface area (Å²) in [6, 6.07) is 41.9. The number of imide groups is 1. The van der Waals surface area contributed by atoms with Gasteiger partial charge < -0.3 is 31.7 Å². The molecule has 0 aromatic heterocycles. The number of nitrogens with one attached hydrogen (secondary N) is 4. The van der Waals surface area contributed by atoms with Crippen LogP contribution in [0.2, 0.25) is 0 Å². The van der Waals surface area contributed by atoms with Crippen molar-refractivity contribution in [2.45, 2.75) is 43.4 Å². The number of urea groups is 1. The van der Waals surface area contributed by atoms with Crippen LogP contribution in [0.4, 0.5) is 4.79 Å². The van der Waals surface area contributed by atoms with Crippen molar-refractivity contribution in [3.63, 3.8) is 0 Å². The number of amides is 5. The molecule has 1 heterocycles. The number of nitrogens with zero attached hydrogens (tertiary/aromatic N) is 2. The van der Waals surface area contributed by atoms with E-state index in [0.717, 1.165) is 0 Å². The van der Waals surface area contributed by atoms with Crippen LogP contribution in [0.15, 0.2) is 146 Å². The second-order valence-corrected chi connectivity index (χ2v) is 14.0. The molecule has 58 heavy (non-hydrogen) atoms. The number of rotatable bonds is 17. The average Bonchev–Trinajstić information content (AvgIpc) is 3.49. The molecular formula is C45H45N7O6. The van der Waals surface area contributed by atoms with E-state index in [1.165, 1.54) is 9.80 Å². The predicted octanol–water partition coefficient (Wildman–Crippen LogP) is 4.68.